The third kappa shape index (κ3) is 2.28. The second kappa shape index (κ2) is 4.20. The monoisotopic (exact) mass is 268 g/mol. The van der Waals surface area contributed by atoms with E-state index in [1.165, 1.54) is 0 Å². The molecular weight excluding hydrogens is 256 g/mol. The van der Waals surface area contributed by atoms with Crippen molar-refractivity contribution < 1.29 is 9.59 Å². The van der Waals surface area contributed by atoms with Crippen LogP contribution in [0.1, 0.15) is 25.4 Å². The van der Waals surface area contributed by atoms with Crippen LogP contribution in [0.2, 0.25) is 5.15 Å². The Bertz CT molecular complexity index is 510. The maximum absolute atomic E-state index is 12.0. The molecule has 1 fully saturated rings. The van der Waals surface area contributed by atoms with Crippen LogP contribution in [0.25, 0.3) is 0 Å². The highest BCUT2D eigenvalue weighted by Gasteiger charge is 2.44. The lowest BCUT2D eigenvalue weighted by molar-refractivity contribution is -0.130. The molecule has 0 spiro atoms. The number of hydrogen-bond acceptors (Lipinski definition) is 4. The number of aromatic nitrogens is 2. The minimum absolute atomic E-state index is 0.0233. The van der Waals surface area contributed by atoms with Crippen molar-refractivity contribution in [2.75, 3.05) is 0 Å². The number of rotatable bonds is 2. The second-order valence-electron chi connectivity index (χ2n) is 4.69. The van der Waals surface area contributed by atoms with Crippen molar-refractivity contribution in [2.24, 2.45) is 0 Å². The molecule has 0 aliphatic carbocycles. The zero-order valence-electron chi connectivity index (χ0n) is 10.3. The molecule has 96 valence electrons. The molecule has 1 aromatic heterocycles. The van der Waals surface area contributed by atoms with Gasteiger partial charge in [0.25, 0.3) is 5.91 Å². The molecule has 0 atom stereocenters. The van der Waals surface area contributed by atoms with Crippen LogP contribution in [0.4, 0.5) is 4.79 Å². The van der Waals surface area contributed by atoms with Crippen LogP contribution in [0, 0.1) is 6.92 Å². The highest BCUT2D eigenvalue weighted by atomic mass is 35.5. The van der Waals surface area contributed by atoms with Crippen molar-refractivity contribution in [1.29, 1.82) is 0 Å². The molecule has 1 aromatic rings. The summed E-state index contributed by atoms with van der Waals surface area (Å²) < 4.78 is 0. The topological polar surface area (TPSA) is 75.2 Å². The first-order chi connectivity index (χ1) is 8.29. The largest absolute Gasteiger partial charge is 0.325 e. The first-order valence-electron chi connectivity index (χ1n) is 5.44. The third-order valence-electron chi connectivity index (χ3n) is 2.61. The smallest absolute Gasteiger partial charge is 0.324 e. The van der Waals surface area contributed by atoms with Crippen LogP contribution in [0.5, 0.6) is 0 Å². The molecule has 1 aliphatic rings. The van der Waals surface area contributed by atoms with Gasteiger partial charge in [0.05, 0.1) is 6.54 Å². The molecule has 18 heavy (non-hydrogen) atoms. The fourth-order valence-electron chi connectivity index (χ4n) is 1.76. The Hall–Kier alpha value is -1.69. The zero-order chi connectivity index (χ0) is 13.5. The predicted molar refractivity (Wildman–Crippen MR) is 64.9 cm³/mol. The zero-order valence-corrected chi connectivity index (χ0v) is 11.1. The normalized spacial score (nSPS) is 18.1. The number of imide groups is 1. The minimum atomic E-state index is -0.884. The van der Waals surface area contributed by atoms with E-state index in [1.54, 1.807) is 26.8 Å². The first kappa shape index (κ1) is 12.8. The molecule has 0 saturated carbocycles. The van der Waals surface area contributed by atoms with Crippen LogP contribution < -0.4 is 5.32 Å². The molecule has 6 nitrogen and oxygen atoms in total. The number of urea groups is 1. The summed E-state index contributed by atoms with van der Waals surface area (Å²) in [7, 11) is 0. The summed E-state index contributed by atoms with van der Waals surface area (Å²) in [6.45, 7) is 5.09. The number of halogens is 1. The van der Waals surface area contributed by atoms with Crippen molar-refractivity contribution in [3.8, 4) is 0 Å². The molecule has 0 bridgehead atoms. The number of carbonyl (C=O) groups is 2. The molecule has 2 rings (SSSR count). The average Bonchev–Trinajstić information content (AvgIpc) is 2.39. The van der Waals surface area contributed by atoms with Crippen molar-refractivity contribution in [3.05, 3.63) is 22.7 Å². The lowest BCUT2D eigenvalue weighted by Crippen LogP contribution is -2.40. The van der Waals surface area contributed by atoms with E-state index in [4.69, 9.17) is 11.6 Å². The van der Waals surface area contributed by atoms with Crippen molar-refractivity contribution in [2.45, 2.75) is 32.9 Å². The number of aryl methyl sites for hydroxylation is 1. The number of hydrogen-bond donors (Lipinski definition) is 1. The third-order valence-corrected chi connectivity index (χ3v) is 2.81. The number of nitrogens with zero attached hydrogens (tertiary/aromatic N) is 3. The van der Waals surface area contributed by atoms with Gasteiger partial charge in [-0.25, -0.2) is 14.8 Å². The van der Waals surface area contributed by atoms with Gasteiger partial charge >= 0.3 is 6.03 Å². The second-order valence-corrected chi connectivity index (χ2v) is 5.08. The number of amides is 3. The van der Waals surface area contributed by atoms with Gasteiger partial charge in [-0.1, -0.05) is 11.6 Å². The van der Waals surface area contributed by atoms with Gasteiger partial charge in [-0.15, -0.1) is 0 Å². The Morgan fingerprint density at radius 1 is 1.39 bits per heavy atom. The minimum Gasteiger partial charge on any atom is -0.324 e. The van der Waals surface area contributed by atoms with Crippen molar-refractivity contribution in [3.63, 3.8) is 0 Å². The highest BCUT2D eigenvalue weighted by molar-refractivity contribution is 6.29. The van der Waals surface area contributed by atoms with E-state index in [9.17, 15) is 9.59 Å². The highest BCUT2D eigenvalue weighted by Crippen LogP contribution is 2.18. The van der Waals surface area contributed by atoms with Gasteiger partial charge in [-0.3, -0.25) is 9.69 Å². The fourth-order valence-corrected chi connectivity index (χ4v) is 2.02. The van der Waals surface area contributed by atoms with Crippen LogP contribution in [0.3, 0.4) is 0 Å². The summed E-state index contributed by atoms with van der Waals surface area (Å²) in [5.41, 5.74) is -0.193. The molecule has 1 aliphatic heterocycles. The Morgan fingerprint density at radius 3 is 2.56 bits per heavy atom. The van der Waals surface area contributed by atoms with Crippen molar-refractivity contribution >= 4 is 23.5 Å². The Kier molecular flexibility index (Phi) is 2.98. The van der Waals surface area contributed by atoms with Gasteiger partial charge < -0.3 is 5.32 Å². The molecule has 1 saturated heterocycles. The summed E-state index contributed by atoms with van der Waals surface area (Å²) in [6, 6.07) is 1.17. The SMILES string of the molecule is Cc1cc(Cl)nc(CN2C(=O)NC(C)(C)C2=O)n1. The molecule has 1 N–H and O–H groups in total. The van der Waals surface area contributed by atoms with Gasteiger partial charge in [-0.05, 0) is 26.8 Å². The molecule has 0 radical (unpaired) electrons. The lowest BCUT2D eigenvalue weighted by atomic mass is 10.1. The summed E-state index contributed by atoms with van der Waals surface area (Å²) in [6.07, 6.45) is 0. The molecule has 7 heteroatoms. The number of nitrogens with one attached hydrogen (secondary N) is 1. The Labute approximate surface area is 109 Å². The summed E-state index contributed by atoms with van der Waals surface area (Å²) in [5.74, 6) is 0.0509. The molecule has 2 heterocycles. The van der Waals surface area contributed by atoms with E-state index < -0.39 is 11.6 Å². The van der Waals surface area contributed by atoms with Crippen LogP contribution >= 0.6 is 11.6 Å². The maximum Gasteiger partial charge on any atom is 0.325 e. The maximum atomic E-state index is 12.0. The standard InChI is InChI=1S/C11H13ClN4O2/c1-6-4-7(12)14-8(13-6)5-16-9(17)11(2,3)15-10(16)18/h4H,5H2,1-3H3,(H,15,18). The predicted octanol–water partition coefficient (Wildman–Crippen LogP) is 1.27. The van der Waals surface area contributed by atoms with Gasteiger partial charge in [0.2, 0.25) is 0 Å². The molecule has 0 aromatic carbocycles. The first-order valence-corrected chi connectivity index (χ1v) is 5.81. The Morgan fingerprint density at radius 2 is 2.06 bits per heavy atom. The molecular formula is C11H13ClN4O2. The van der Waals surface area contributed by atoms with Crippen molar-refractivity contribution in [1.82, 2.24) is 20.2 Å². The van der Waals surface area contributed by atoms with Crippen LogP contribution in [-0.2, 0) is 11.3 Å². The van der Waals surface area contributed by atoms with Gasteiger partial charge in [0, 0.05) is 5.69 Å². The Balaban J connectivity index is 2.24. The summed E-state index contributed by atoms with van der Waals surface area (Å²) in [5, 5.41) is 2.89. The summed E-state index contributed by atoms with van der Waals surface area (Å²) in [4.78, 5) is 32.9. The average molecular weight is 269 g/mol. The molecule has 0 unspecified atom stereocenters. The van der Waals surface area contributed by atoms with Gasteiger partial charge in [0.1, 0.15) is 16.5 Å². The van der Waals surface area contributed by atoms with E-state index in [2.05, 4.69) is 15.3 Å². The van der Waals surface area contributed by atoms with E-state index in [0.29, 0.717) is 16.7 Å². The number of carbonyl (C=O) groups excluding carboxylic acids is 2. The van der Waals surface area contributed by atoms with Crippen LogP contribution in [-0.4, -0.2) is 32.3 Å². The van der Waals surface area contributed by atoms with Gasteiger partial charge in [-0.2, -0.15) is 0 Å². The lowest BCUT2D eigenvalue weighted by Gasteiger charge is -2.15. The van der Waals surface area contributed by atoms with E-state index in [0.717, 1.165) is 4.90 Å². The van der Waals surface area contributed by atoms with Gasteiger partial charge in [0.15, 0.2) is 0 Å². The van der Waals surface area contributed by atoms with E-state index in [-0.39, 0.29) is 12.5 Å². The van der Waals surface area contributed by atoms with E-state index >= 15 is 0 Å². The fraction of sp³-hybridized carbons (Fsp3) is 0.455. The van der Waals surface area contributed by atoms with Crippen LogP contribution in [0.15, 0.2) is 6.07 Å². The summed E-state index contributed by atoms with van der Waals surface area (Å²) >= 11 is 5.81. The van der Waals surface area contributed by atoms with E-state index in [1.807, 2.05) is 0 Å². The molecule has 3 amide bonds. The quantitative estimate of drug-likeness (QED) is 0.647.